The summed E-state index contributed by atoms with van der Waals surface area (Å²) in [6.07, 6.45) is 1.57. The van der Waals surface area contributed by atoms with E-state index in [4.69, 9.17) is 9.47 Å². The summed E-state index contributed by atoms with van der Waals surface area (Å²) in [5.74, 6) is -0.464. The van der Waals surface area contributed by atoms with Gasteiger partial charge in [-0.3, -0.25) is 9.78 Å². The minimum Gasteiger partial charge on any atom is -0.497 e. The van der Waals surface area contributed by atoms with E-state index in [2.05, 4.69) is 31.2 Å². The molecule has 1 N–H and O–H groups in total. The van der Waals surface area contributed by atoms with Crippen molar-refractivity contribution < 1.29 is 19.1 Å². The van der Waals surface area contributed by atoms with E-state index >= 15 is 0 Å². The maximum absolute atomic E-state index is 13.5. The van der Waals surface area contributed by atoms with Crippen LogP contribution in [0.25, 0.3) is 10.9 Å². The minimum absolute atomic E-state index is 0.00778. The first-order valence-electron chi connectivity index (χ1n) is 10.5. The first kappa shape index (κ1) is 23.4. The number of rotatable bonds is 6. The van der Waals surface area contributed by atoms with Gasteiger partial charge in [0.15, 0.2) is 11.4 Å². The topological polar surface area (TPSA) is 90.4 Å². The number of aromatic nitrogens is 2. The molecular weight excluding hydrogens is 498 g/mol. The van der Waals surface area contributed by atoms with Crippen LogP contribution in [0.1, 0.15) is 40.3 Å². The molecule has 2 heterocycles. The van der Waals surface area contributed by atoms with Crippen molar-refractivity contribution in [1.29, 1.82) is 0 Å². The molecule has 0 bridgehead atoms. The largest absolute Gasteiger partial charge is 0.497 e. The average Bonchev–Trinajstić information content (AvgIpc) is 2.85. The van der Waals surface area contributed by atoms with Gasteiger partial charge in [0.1, 0.15) is 15.9 Å². The zero-order chi connectivity index (χ0) is 24.3. The number of hydrogen-bond donors (Lipinski definition) is 1. The zero-order valence-corrected chi connectivity index (χ0v) is 20.4. The maximum atomic E-state index is 13.5. The molecule has 0 aliphatic heterocycles. The van der Waals surface area contributed by atoms with Gasteiger partial charge in [-0.25, -0.2) is 9.78 Å². The smallest absolute Gasteiger partial charge is 0.343 e. The van der Waals surface area contributed by atoms with Crippen LogP contribution in [0.2, 0.25) is 0 Å². The predicted octanol–water partition coefficient (Wildman–Crippen LogP) is 5.29. The summed E-state index contributed by atoms with van der Waals surface area (Å²) in [6, 6.07) is 19.5. The number of ether oxygens (including phenoxy) is 2. The van der Waals surface area contributed by atoms with Gasteiger partial charge >= 0.3 is 5.97 Å². The number of halogens is 1. The third-order valence-corrected chi connectivity index (χ3v) is 5.91. The van der Waals surface area contributed by atoms with Crippen LogP contribution >= 0.6 is 15.9 Å². The van der Waals surface area contributed by atoms with Crippen LogP contribution in [-0.4, -0.2) is 29.0 Å². The normalized spacial score (nSPS) is 11.2. The van der Waals surface area contributed by atoms with E-state index in [1.165, 1.54) is 0 Å². The van der Waals surface area contributed by atoms with Gasteiger partial charge in [-0.2, -0.15) is 0 Å². The summed E-state index contributed by atoms with van der Waals surface area (Å²) in [7, 11) is 1.58. The number of benzene rings is 2. The number of hydrogen-bond acceptors (Lipinski definition) is 6. The van der Waals surface area contributed by atoms with Crippen molar-refractivity contribution in [2.24, 2.45) is 0 Å². The molecule has 8 heteroatoms. The fourth-order valence-electron chi connectivity index (χ4n) is 3.48. The molecule has 172 valence electrons. The zero-order valence-electron chi connectivity index (χ0n) is 18.8. The molecule has 1 amide bonds. The summed E-state index contributed by atoms with van der Waals surface area (Å²) in [4.78, 5) is 35.1. The van der Waals surface area contributed by atoms with Crippen LogP contribution in [0.15, 0.2) is 77.5 Å². The Morgan fingerprint density at radius 1 is 1.00 bits per heavy atom. The van der Waals surface area contributed by atoms with E-state index in [0.29, 0.717) is 26.8 Å². The minimum atomic E-state index is -0.778. The summed E-state index contributed by atoms with van der Waals surface area (Å²) < 4.78 is 11.4. The quantitative estimate of drug-likeness (QED) is 0.275. The molecule has 0 spiro atoms. The lowest BCUT2D eigenvalue weighted by atomic mass is 9.93. The van der Waals surface area contributed by atoms with Crippen molar-refractivity contribution in [2.45, 2.75) is 19.4 Å². The summed E-state index contributed by atoms with van der Waals surface area (Å²) in [5.41, 5.74) is 0.689. The molecule has 0 aliphatic rings. The molecule has 4 rings (SSSR count). The second kappa shape index (κ2) is 9.61. The molecule has 4 aromatic rings. The highest BCUT2D eigenvalue weighted by molar-refractivity contribution is 9.10. The van der Waals surface area contributed by atoms with Gasteiger partial charge in [0.2, 0.25) is 0 Å². The van der Waals surface area contributed by atoms with E-state index in [1.54, 1.807) is 55.8 Å². The van der Waals surface area contributed by atoms with E-state index in [1.807, 2.05) is 38.1 Å². The number of carbonyl (C=O) groups is 2. The van der Waals surface area contributed by atoms with E-state index < -0.39 is 17.4 Å². The van der Waals surface area contributed by atoms with Crippen molar-refractivity contribution in [3.05, 3.63) is 94.4 Å². The Labute approximate surface area is 205 Å². The monoisotopic (exact) mass is 519 g/mol. The molecule has 0 aliphatic carbocycles. The highest BCUT2D eigenvalue weighted by Gasteiger charge is 2.29. The predicted molar refractivity (Wildman–Crippen MR) is 132 cm³/mol. The van der Waals surface area contributed by atoms with Gasteiger partial charge in [0.25, 0.3) is 5.91 Å². The lowest BCUT2D eigenvalue weighted by Gasteiger charge is -2.27. The molecular formula is C26H22BrN3O4. The molecule has 7 nitrogen and oxygen atoms in total. The number of methoxy groups -OCH3 is 1. The number of amides is 1. The number of nitrogens with one attached hydrogen (secondary N) is 1. The van der Waals surface area contributed by atoms with Crippen molar-refractivity contribution in [3.63, 3.8) is 0 Å². The first-order chi connectivity index (χ1) is 16.3. The van der Waals surface area contributed by atoms with Crippen LogP contribution in [-0.2, 0) is 5.54 Å². The molecule has 0 unspecified atom stereocenters. The van der Waals surface area contributed by atoms with E-state index in [9.17, 15) is 9.59 Å². The SMILES string of the molecule is COc1cccc(C(C)(C)NC(=O)c2nc(Br)c3cccnc3c2OC(=O)c2ccccc2)c1. The van der Waals surface area contributed by atoms with Crippen LogP contribution in [0.3, 0.4) is 0 Å². The lowest BCUT2D eigenvalue weighted by molar-refractivity contribution is 0.0732. The molecule has 0 saturated carbocycles. The van der Waals surface area contributed by atoms with Crippen molar-refractivity contribution in [3.8, 4) is 11.5 Å². The molecule has 0 atom stereocenters. The molecule has 0 saturated heterocycles. The second-order valence-corrected chi connectivity index (χ2v) is 8.80. The molecule has 2 aromatic carbocycles. The Bertz CT molecular complexity index is 1370. The molecule has 2 aromatic heterocycles. The van der Waals surface area contributed by atoms with Crippen LogP contribution < -0.4 is 14.8 Å². The number of esters is 1. The average molecular weight is 520 g/mol. The van der Waals surface area contributed by atoms with Crippen molar-refractivity contribution in [1.82, 2.24) is 15.3 Å². The van der Waals surface area contributed by atoms with Gasteiger partial charge in [-0.1, -0.05) is 30.3 Å². The standard InChI is InChI=1S/C26H22BrN3O4/c1-26(2,17-11-7-12-18(15-17)33-3)30-24(31)21-22(34-25(32)16-9-5-4-6-10-16)20-19(23(27)29-21)13-8-14-28-20/h4-15H,1-3H3,(H,30,31). The maximum Gasteiger partial charge on any atom is 0.343 e. The highest BCUT2D eigenvalue weighted by atomic mass is 79.9. The third kappa shape index (κ3) is 4.77. The number of fused-ring (bicyclic) bond motifs is 1. The number of nitrogens with zero attached hydrogens (tertiary/aromatic N) is 2. The summed E-state index contributed by atoms with van der Waals surface area (Å²) in [5, 5.41) is 3.60. The third-order valence-electron chi connectivity index (χ3n) is 5.31. The summed E-state index contributed by atoms with van der Waals surface area (Å²) >= 11 is 3.42. The van der Waals surface area contributed by atoms with Gasteiger partial charge < -0.3 is 14.8 Å². The van der Waals surface area contributed by atoms with Crippen molar-refractivity contribution >= 4 is 38.7 Å². The molecule has 0 fully saturated rings. The Morgan fingerprint density at radius 2 is 1.76 bits per heavy atom. The van der Waals surface area contributed by atoms with Gasteiger partial charge in [0, 0.05) is 11.6 Å². The molecule has 0 radical (unpaired) electrons. The van der Waals surface area contributed by atoms with E-state index in [-0.39, 0.29) is 11.4 Å². The Balaban J connectivity index is 1.76. The van der Waals surface area contributed by atoms with E-state index in [0.717, 1.165) is 5.56 Å². The fourth-order valence-corrected chi connectivity index (χ4v) is 3.97. The Hall–Kier alpha value is -3.78. The van der Waals surface area contributed by atoms with Crippen LogP contribution in [0, 0.1) is 0 Å². The summed E-state index contributed by atoms with van der Waals surface area (Å²) in [6.45, 7) is 3.73. The fraction of sp³-hybridized carbons (Fsp3) is 0.154. The van der Waals surface area contributed by atoms with Crippen molar-refractivity contribution in [2.75, 3.05) is 7.11 Å². The van der Waals surface area contributed by atoms with Gasteiger partial charge in [-0.05, 0) is 71.7 Å². The number of carbonyl (C=O) groups excluding carboxylic acids is 2. The Morgan fingerprint density at radius 3 is 2.50 bits per heavy atom. The number of pyridine rings is 2. The van der Waals surface area contributed by atoms with Gasteiger partial charge in [-0.15, -0.1) is 0 Å². The highest BCUT2D eigenvalue weighted by Crippen LogP contribution is 2.33. The van der Waals surface area contributed by atoms with Crippen LogP contribution in [0.4, 0.5) is 0 Å². The first-order valence-corrected chi connectivity index (χ1v) is 11.3. The molecule has 34 heavy (non-hydrogen) atoms. The van der Waals surface area contributed by atoms with Gasteiger partial charge in [0.05, 0.1) is 18.2 Å². The van der Waals surface area contributed by atoms with Crippen LogP contribution in [0.5, 0.6) is 11.5 Å². The second-order valence-electron chi connectivity index (χ2n) is 8.05. The lowest BCUT2D eigenvalue weighted by Crippen LogP contribution is -2.41. The Kier molecular flexibility index (Phi) is 6.61.